The number of benzene rings is 2. The second kappa shape index (κ2) is 13.7. The predicted octanol–water partition coefficient (Wildman–Crippen LogP) is 6.57. The van der Waals surface area contributed by atoms with Crippen LogP contribution in [0.3, 0.4) is 0 Å². The first-order chi connectivity index (χ1) is 15.9. The molecule has 0 spiro atoms. The lowest BCUT2D eigenvalue weighted by atomic mass is 10.0. The number of rotatable bonds is 16. The molecule has 1 atom stereocenters. The van der Waals surface area contributed by atoms with Crippen LogP contribution in [0, 0.1) is 0 Å². The van der Waals surface area contributed by atoms with Crippen molar-refractivity contribution < 1.29 is 19.7 Å². The fourth-order valence-electron chi connectivity index (χ4n) is 3.80. The van der Waals surface area contributed by atoms with Gasteiger partial charge in [0.25, 0.3) is 5.79 Å². The van der Waals surface area contributed by atoms with Crippen LogP contribution in [0.2, 0.25) is 0 Å². The van der Waals surface area contributed by atoms with Gasteiger partial charge in [-0.15, -0.1) is 0 Å². The first-order valence-electron chi connectivity index (χ1n) is 12.2. The Morgan fingerprint density at radius 2 is 1.55 bits per heavy atom. The van der Waals surface area contributed by atoms with Crippen LogP contribution in [-0.2, 0) is 6.42 Å². The second-order valence-electron chi connectivity index (χ2n) is 8.68. The molecular formula is C28H39NO4. The fourth-order valence-corrected chi connectivity index (χ4v) is 3.80. The average molecular weight is 454 g/mol. The zero-order chi connectivity index (χ0) is 24.1. The van der Waals surface area contributed by atoms with Gasteiger partial charge in [-0.1, -0.05) is 83.4 Å². The van der Waals surface area contributed by atoms with Crippen molar-refractivity contribution in [3.05, 3.63) is 66.2 Å². The predicted molar refractivity (Wildman–Crippen MR) is 135 cm³/mol. The van der Waals surface area contributed by atoms with Gasteiger partial charge >= 0.3 is 0 Å². The molecule has 1 unspecified atom stereocenters. The Morgan fingerprint density at radius 3 is 2.09 bits per heavy atom. The van der Waals surface area contributed by atoms with E-state index in [1.165, 1.54) is 81.5 Å². The van der Waals surface area contributed by atoms with Gasteiger partial charge in [0.2, 0.25) is 5.78 Å². The summed E-state index contributed by atoms with van der Waals surface area (Å²) in [5, 5.41) is 20.3. The minimum Gasteiger partial charge on any atom is -0.506 e. The molecule has 4 N–H and O–H groups in total. The van der Waals surface area contributed by atoms with Crippen LogP contribution >= 0.6 is 0 Å². The molecule has 0 heterocycles. The number of Topliss-reactive ketones (excluding diaryl/α,β-unsaturated/α-hetero) is 1. The van der Waals surface area contributed by atoms with Gasteiger partial charge in [0.05, 0.1) is 5.69 Å². The largest absolute Gasteiger partial charge is 0.506 e. The average Bonchev–Trinajstić information content (AvgIpc) is 2.82. The molecule has 33 heavy (non-hydrogen) atoms. The molecule has 0 radical (unpaired) electrons. The Morgan fingerprint density at radius 1 is 0.970 bits per heavy atom. The van der Waals surface area contributed by atoms with Crippen molar-refractivity contribution in [1.82, 2.24) is 0 Å². The minimum absolute atomic E-state index is 0.0450. The van der Waals surface area contributed by atoms with E-state index < -0.39 is 11.6 Å². The van der Waals surface area contributed by atoms with Crippen molar-refractivity contribution in [1.29, 1.82) is 0 Å². The van der Waals surface area contributed by atoms with E-state index in [9.17, 15) is 15.0 Å². The molecular weight excluding hydrogens is 414 g/mol. The normalized spacial score (nSPS) is 12.8. The summed E-state index contributed by atoms with van der Waals surface area (Å²) < 4.78 is 5.58. The first-order valence-corrected chi connectivity index (χ1v) is 12.2. The number of ether oxygens (including phenoxy) is 1. The number of anilines is 1. The molecule has 0 bridgehead atoms. The molecule has 0 aliphatic heterocycles. The zero-order valence-corrected chi connectivity index (χ0v) is 19.9. The van der Waals surface area contributed by atoms with Gasteiger partial charge in [-0.3, -0.25) is 4.79 Å². The van der Waals surface area contributed by atoms with Crippen molar-refractivity contribution >= 4 is 11.5 Å². The van der Waals surface area contributed by atoms with Crippen LogP contribution in [0.25, 0.3) is 0 Å². The van der Waals surface area contributed by atoms with Gasteiger partial charge in [-0.25, -0.2) is 0 Å². The van der Waals surface area contributed by atoms with Gasteiger partial charge in [0, 0.05) is 5.56 Å². The summed E-state index contributed by atoms with van der Waals surface area (Å²) >= 11 is 0. The lowest BCUT2D eigenvalue weighted by molar-refractivity contribution is -0.0626. The van der Waals surface area contributed by atoms with E-state index in [2.05, 4.69) is 13.5 Å². The van der Waals surface area contributed by atoms with Gasteiger partial charge in [-0.2, -0.15) is 0 Å². The van der Waals surface area contributed by atoms with Crippen LogP contribution in [0.4, 0.5) is 5.69 Å². The molecule has 2 aromatic rings. The van der Waals surface area contributed by atoms with E-state index in [4.69, 9.17) is 10.5 Å². The summed E-state index contributed by atoms with van der Waals surface area (Å²) in [6.45, 7) is 5.80. The van der Waals surface area contributed by atoms with E-state index >= 15 is 0 Å². The van der Waals surface area contributed by atoms with Crippen LogP contribution < -0.4 is 10.5 Å². The summed E-state index contributed by atoms with van der Waals surface area (Å²) in [4.78, 5) is 12.8. The van der Waals surface area contributed by atoms with Crippen LogP contribution in [0.5, 0.6) is 11.5 Å². The number of phenolic OH excluding ortho intramolecular Hbond substituents is 1. The Kier molecular flexibility index (Phi) is 11.0. The van der Waals surface area contributed by atoms with Crippen molar-refractivity contribution in [2.75, 3.05) is 5.73 Å². The molecule has 180 valence electrons. The molecule has 0 aromatic heterocycles. The zero-order valence-electron chi connectivity index (χ0n) is 19.9. The Hall–Kier alpha value is -2.79. The number of carbonyl (C=O) groups is 1. The molecule has 0 fully saturated rings. The standard InChI is InChI=1S/C28H39NO4/c1-3-5-6-7-8-9-10-11-12-13-14-22-15-18-24(19-16-22)33-28(32,4-2)27(31)23-17-20-26(30)25(29)21-23/h4,15-21,30,32H,2-3,5-14,29H2,1H3. The molecule has 0 aliphatic rings. The van der Waals surface area contributed by atoms with Crippen molar-refractivity contribution in [2.45, 2.75) is 83.3 Å². The Balaban J connectivity index is 1.78. The van der Waals surface area contributed by atoms with Crippen molar-refractivity contribution in [3.8, 4) is 11.5 Å². The number of nitrogens with two attached hydrogens (primary N) is 1. The number of aromatic hydroxyl groups is 1. The quantitative estimate of drug-likeness (QED) is 0.0667. The van der Waals surface area contributed by atoms with Crippen molar-refractivity contribution in [3.63, 3.8) is 0 Å². The molecule has 5 nitrogen and oxygen atoms in total. The number of nitrogen functional groups attached to an aromatic ring is 1. The van der Waals surface area contributed by atoms with Gasteiger partial charge in [0.15, 0.2) is 0 Å². The highest BCUT2D eigenvalue weighted by molar-refractivity contribution is 6.03. The first kappa shape index (κ1) is 26.5. The summed E-state index contributed by atoms with van der Waals surface area (Å²) in [5.74, 6) is -2.71. The van der Waals surface area contributed by atoms with Crippen LogP contribution in [0.1, 0.15) is 87.1 Å². The lowest BCUT2D eigenvalue weighted by Gasteiger charge is -2.24. The lowest BCUT2D eigenvalue weighted by Crippen LogP contribution is -2.42. The number of hydrogen-bond acceptors (Lipinski definition) is 5. The molecule has 5 heteroatoms. The van der Waals surface area contributed by atoms with Gasteiger partial charge < -0.3 is 20.7 Å². The maximum atomic E-state index is 12.8. The number of aliphatic hydroxyl groups is 1. The summed E-state index contributed by atoms with van der Waals surface area (Å²) in [5.41, 5.74) is 7.01. The van der Waals surface area contributed by atoms with Crippen LogP contribution in [0.15, 0.2) is 55.1 Å². The summed E-state index contributed by atoms with van der Waals surface area (Å²) in [7, 11) is 0. The molecule has 0 aliphatic carbocycles. The molecule has 0 amide bonds. The molecule has 0 saturated carbocycles. The van der Waals surface area contributed by atoms with E-state index in [-0.39, 0.29) is 17.0 Å². The highest BCUT2D eigenvalue weighted by atomic mass is 16.6. The van der Waals surface area contributed by atoms with E-state index in [0.29, 0.717) is 5.75 Å². The highest BCUT2D eigenvalue weighted by Gasteiger charge is 2.36. The Labute approximate surface area is 198 Å². The van der Waals surface area contributed by atoms with Gasteiger partial charge in [-0.05, 0) is 54.8 Å². The minimum atomic E-state index is -2.23. The number of aryl methyl sites for hydroxylation is 1. The third kappa shape index (κ3) is 8.58. The third-order valence-electron chi connectivity index (χ3n) is 5.91. The number of carbonyl (C=O) groups excluding carboxylic acids is 1. The highest BCUT2D eigenvalue weighted by Crippen LogP contribution is 2.26. The third-order valence-corrected chi connectivity index (χ3v) is 5.91. The number of phenols is 1. The molecule has 2 rings (SSSR count). The smallest absolute Gasteiger partial charge is 0.292 e. The molecule has 2 aromatic carbocycles. The fraction of sp³-hybridized carbons (Fsp3) is 0.464. The van der Waals surface area contributed by atoms with E-state index in [0.717, 1.165) is 18.9 Å². The van der Waals surface area contributed by atoms with Gasteiger partial charge in [0.1, 0.15) is 11.5 Å². The number of hydrogen-bond donors (Lipinski definition) is 3. The van der Waals surface area contributed by atoms with Crippen molar-refractivity contribution in [2.24, 2.45) is 0 Å². The SMILES string of the molecule is C=CC(O)(Oc1ccc(CCCCCCCCCCCC)cc1)C(=O)c1ccc(O)c(N)c1. The number of ketones is 1. The maximum Gasteiger partial charge on any atom is 0.292 e. The topological polar surface area (TPSA) is 92.8 Å². The molecule has 0 saturated heterocycles. The maximum absolute atomic E-state index is 12.8. The second-order valence-corrected chi connectivity index (χ2v) is 8.68. The Bertz CT molecular complexity index is 878. The van der Waals surface area contributed by atoms with E-state index in [1.54, 1.807) is 12.1 Å². The summed E-state index contributed by atoms with van der Waals surface area (Å²) in [6.07, 6.45) is 15.1. The van der Waals surface area contributed by atoms with E-state index in [1.807, 2.05) is 12.1 Å². The summed E-state index contributed by atoms with van der Waals surface area (Å²) in [6, 6.07) is 11.4. The monoisotopic (exact) mass is 453 g/mol. The van der Waals surface area contributed by atoms with Crippen LogP contribution in [-0.4, -0.2) is 21.8 Å². The number of unbranched alkanes of at least 4 members (excludes halogenated alkanes) is 9.